The standard InChI is InChI=1S/C28H31F3N4O6/c1-16-5-7-18(8-6-16)24(17(2)33-27(39)28(29,30)31)41-21-9-10-22(32-13-21)25(37)34-20-4-3-11-35(14-20)26(38)19-12-23(36)40-15-19/h5-10,13,17,19-20,24H,3-4,11-12,14-15H2,1-2H3,(H,33,39)(H,34,37)/t17-,19+,20+,24-/m0/s1. The van der Waals surface area contributed by atoms with Crippen molar-refractivity contribution in [3.05, 3.63) is 59.4 Å². The van der Waals surface area contributed by atoms with Crippen LogP contribution in [0.3, 0.4) is 0 Å². The topological polar surface area (TPSA) is 127 Å². The summed E-state index contributed by atoms with van der Waals surface area (Å²) in [5.74, 6) is -3.42. The Balaban J connectivity index is 1.39. The number of rotatable bonds is 8. The number of halogens is 3. The van der Waals surface area contributed by atoms with Gasteiger partial charge in [0.1, 0.15) is 24.2 Å². The van der Waals surface area contributed by atoms with Gasteiger partial charge in [-0.25, -0.2) is 4.98 Å². The van der Waals surface area contributed by atoms with Gasteiger partial charge in [0.2, 0.25) is 5.91 Å². The molecule has 4 rings (SSSR count). The number of aromatic nitrogens is 1. The van der Waals surface area contributed by atoms with Gasteiger partial charge in [-0.2, -0.15) is 13.2 Å². The zero-order valence-corrected chi connectivity index (χ0v) is 22.6. The fourth-order valence-electron chi connectivity index (χ4n) is 4.79. The van der Waals surface area contributed by atoms with E-state index in [4.69, 9.17) is 9.47 Å². The molecule has 0 saturated carbocycles. The Kier molecular flexibility index (Phi) is 9.14. The van der Waals surface area contributed by atoms with Gasteiger partial charge >= 0.3 is 18.1 Å². The fraction of sp³-hybridized carbons (Fsp3) is 0.464. The molecule has 0 bridgehead atoms. The quantitative estimate of drug-likeness (QED) is 0.463. The summed E-state index contributed by atoms with van der Waals surface area (Å²) in [5.41, 5.74) is 1.56. The highest BCUT2D eigenvalue weighted by Crippen LogP contribution is 2.27. The summed E-state index contributed by atoms with van der Waals surface area (Å²) in [7, 11) is 0. The number of aryl methyl sites for hydroxylation is 1. The number of nitrogens with one attached hydrogen (secondary N) is 2. The molecule has 1 aromatic carbocycles. The van der Waals surface area contributed by atoms with Crippen LogP contribution in [0.1, 0.15) is 53.9 Å². The Morgan fingerprint density at radius 3 is 2.49 bits per heavy atom. The Morgan fingerprint density at radius 1 is 1.15 bits per heavy atom. The van der Waals surface area contributed by atoms with Crippen LogP contribution in [0.5, 0.6) is 5.75 Å². The second-order valence-corrected chi connectivity index (χ2v) is 10.3. The first-order valence-corrected chi connectivity index (χ1v) is 13.2. The van der Waals surface area contributed by atoms with E-state index in [0.717, 1.165) is 5.56 Å². The van der Waals surface area contributed by atoms with Crippen molar-refractivity contribution in [1.29, 1.82) is 0 Å². The smallest absolute Gasteiger partial charge is 0.471 e. The van der Waals surface area contributed by atoms with Gasteiger partial charge in [-0.1, -0.05) is 29.8 Å². The molecule has 10 nitrogen and oxygen atoms in total. The Bertz CT molecular complexity index is 1270. The van der Waals surface area contributed by atoms with Crippen molar-refractivity contribution in [2.45, 2.75) is 57.5 Å². The second-order valence-electron chi connectivity index (χ2n) is 10.3. The minimum Gasteiger partial charge on any atom is -0.482 e. The maximum Gasteiger partial charge on any atom is 0.471 e. The van der Waals surface area contributed by atoms with E-state index in [1.165, 1.54) is 25.3 Å². The number of alkyl halides is 3. The number of ether oxygens (including phenoxy) is 2. The summed E-state index contributed by atoms with van der Waals surface area (Å²) in [6, 6.07) is 8.47. The average molecular weight is 577 g/mol. The first-order valence-electron chi connectivity index (χ1n) is 13.2. The number of hydrogen-bond donors (Lipinski definition) is 2. The number of nitrogens with zero attached hydrogens (tertiary/aromatic N) is 2. The van der Waals surface area contributed by atoms with Crippen molar-refractivity contribution in [2.75, 3.05) is 19.7 Å². The minimum absolute atomic E-state index is 0.0585. The van der Waals surface area contributed by atoms with Crippen LogP contribution in [-0.4, -0.2) is 71.5 Å². The van der Waals surface area contributed by atoms with Gasteiger partial charge in [0, 0.05) is 19.1 Å². The molecule has 41 heavy (non-hydrogen) atoms. The highest BCUT2D eigenvalue weighted by atomic mass is 19.4. The summed E-state index contributed by atoms with van der Waals surface area (Å²) in [5, 5.41) is 4.81. The van der Waals surface area contributed by atoms with Crippen molar-refractivity contribution in [3.63, 3.8) is 0 Å². The first kappa shape index (κ1) is 29.8. The molecule has 13 heteroatoms. The fourth-order valence-corrected chi connectivity index (χ4v) is 4.79. The molecule has 220 valence electrons. The highest BCUT2D eigenvalue weighted by Gasteiger charge is 2.40. The van der Waals surface area contributed by atoms with Crippen molar-refractivity contribution in [2.24, 2.45) is 5.92 Å². The second kappa shape index (κ2) is 12.6. The summed E-state index contributed by atoms with van der Waals surface area (Å²) in [6.45, 7) is 4.17. The van der Waals surface area contributed by atoms with E-state index < -0.39 is 42.0 Å². The molecular weight excluding hydrogens is 545 g/mol. The maximum absolute atomic E-state index is 12.9. The van der Waals surface area contributed by atoms with E-state index >= 15 is 0 Å². The number of amides is 3. The van der Waals surface area contributed by atoms with E-state index in [9.17, 15) is 32.3 Å². The van der Waals surface area contributed by atoms with E-state index in [-0.39, 0.29) is 36.4 Å². The first-order chi connectivity index (χ1) is 19.4. The molecule has 2 aliphatic heterocycles. The van der Waals surface area contributed by atoms with E-state index in [1.54, 1.807) is 29.2 Å². The average Bonchev–Trinajstić information content (AvgIpc) is 3.38. The molecule has 0 aliphatic carbocycles. The Labute approximate surface area is 234 Å². The lowest BCUT2D eigenvalue weighted by atomic mass is 10.0. The summed E-state index contributed by atoms with van der Waals surface area (Å²) in [4.78, 5) is 54.3. The molecule has 2 N–H and O–H groups in total. The lowest BCUT2D eigenvalue weighted by Crippen LogP contribution is -2.51. The van der Waals surface area contributed by atoms with Crippen molar-refractivity contribution >= 4 is 23.7 Å². The van der Waals surface area contributed by atoms with Crippen LogP contribution in [0.2, 0.25) is 0 Å². The SMILES string of the molecule is Cc1ccc([C@@H](Oc2ccc(C(=O)N[C@@H]3CCCN(C(=O)[C@H]4COC(=O)C4)C3)nc2)[C@H](C)NC(=O)C(F)(F)F)cc1. The molecule has 4 atom stereocenters. The molecular formula is C28H31F3N4O6. The number of pyridine rings is 1. The van der Waals surface area contributed by atoms with Crippen LogP contribution in [0.25, 0.3) is 0 Å². The monoisotopic (exact) mass is 576 g/mol. The number of hydrogen-bond acceptors (Lipinski definition) is 7. The van der Waals surface area contributed by atoms with Gasteiger partial charge in [-0.05, 0) is 44.4 Å². The lowest BCUT2D eigenvalue weighted by molar-refractivity contribution is -0.174. The molecule has 3 heterocycles. The molecule has 2 aliphatic rings. The molecule has 2 aromatic rings. The minimum atomic E-state index is -5.05. The number of likely N-dealkylation sites (tertiary alicyclic amines) is 1. The Morgan fingerprint density at radius 2 is 1.88 bits per heavy atom. The number of cyclic esters (lactones) is 1. The van der Waals surface area contributed by atoms with Crippen LogP contribution in [0.4, 0.5) is 13.2 Å². The van der Waals surface area contributed by atoms with Crippen LogP contribution in [0, 0.1) is 12.8 Å². The molecule has 2 saturated heterocycles. The van der Waals surface area contributed by atoms with Gasteiger partial charge in [-0.3, -0.25) is 19.2 Å². The Hall–Kier alpha value is -4.16. The number of benzene rings is 1. The van der Waals surface area contributed by atoms with Gasteiger partial charge in [0.15, 0.2) is 0 Å². The van der Waals surface area contributed by atoms with Gasteiger partial charge in [0.05, 0.1) is 24.6 Å². The summed E-state index contributed by atoms with van der Waals surface area (Å²) < 4.78 is 49.4. The van der Waals surface area contributed by atoms with Crippen molar-refractivity contribution < 1.29 is 41.8 Å². The lowest BCUT2D eigenvalue weighted by Gasteiger charge is -2.34. The summed E-state index contributed by atoms with van der Waals surface area (Å²) in [6.07, 6.45) is -3.34. The molecule has 1 aromatic heterocycles. The summed E-state index contributed by atoms with van der Waals surface area (Å²) >= 11 is 0. The van der Waals surface area contributed by atoms with E-state index in [2.05, 4.69) is 10.3 Å². The number of esters is 1. The normalized spacial score (nSPS) is 20.5. The van der Waals surface area contributed by atoms with Crippen LogP contribution >= 0.6 is 0 Å². The van der Waals surface area contributed by atoms with Crippen LogP contribution in [-0.2, 0) is 19.1 Å². The largest absolute Gasteiger partial charge is 0.482 e. The van der Waals surface area contributed by atoms with E-state index in [0.29, 0.717) is 31.5 Å². The van der Waals surface area contributed by atoms with Crippen LogP contribution < -0.4 is 15.4 Å². The zero-order chi connectivity index (χ0) is 29.7. The molecule has 0 unspecified atom stereocenters. The van der Waals surface area contributed by atoms with Crippen molar-refractivity contribution in [1.82, 2.24) is 20.5 Å². The molecule has 2 fully saturated rings. The third-order valence-corrected chi connectivity index (χ3v) is 6.98. The van der Waals surface area contributed by atoms with E-state index in [1.807, 2.05) is 12.2 Å². The third-order valence-electron chi connectivity index (χ3n) is 6.98. The van der Waals surface area contributed by atoms with Crippen LogP contribution in [0.15, 0.2) is 42.6 Å². The maximum atomic E-state index is 12.9. The van der Waals surface area contributed by atoms with Gasteiger partial charge in [0.25, 0.3) is 5.91 Å². The van der Waals surface area contributed by atoms with Gasteiger partial charge < -0.3 is 25.0 Å². The predicted octanol–water partition coefficient (Wildman–Crippen LogP) is 2.86. The number of carbonyl (C=O) groups is 4. The molecule has 0 spiro atoms. The van der Waals surface area contributed by atoms with Crippen molar-refractivity contribution in [3.8, 4) is 5.75 Å². The predicted molar refractivity (Wildman–Crippen MR) is 139 cm³/mol. The third kappa shape index (κ3) is 7.74. The highest BCUT2D eigenvalue weighted by molar-refractivity contribution is 5.92. The number of piperidine rings is 1. The zero-order valence-electron chi connectivity index (χ0n) is 22.6. The number of carbonyl (C=O) groups excluding carboxylic acids is 4. The van der Waals surface area contributed by atoms with Gasteiger partial charge in [-0.15, -0.1) is 0 Å². The molecule has 0 radical (unpaired) electrons. The molecule has 3 amide bonds.